The second-order valence-electron chi connectivity index (χ2n) is 3.68. The molecular weight excluding hydrogens is 296 g/mol. The predicted octanol–water partition coefficient (Wildman–Crippen LogP) is 4.56. The molecule has 1 heterocycles. The van der Waals surface area contributed by atoms with E-state index in [-0.39, 0.29) is 6.04 Å². The minimum atomic E-state index is 0.211. The number of anilines is 1. The van der Waals surface area contributed by atoms with Gasteiger partial charge in [-0.3, -0.25) is 0 Å². The molecule has 2 nitrogen and oxygen atoms in total. The standard InChI is InChI=1S/C13H11BrN2S/c1-9(13-3-2-6-17-13)16-12-5-4-11(14)7-10(12)8-15/h2-7,9,16H,1H3. The molecule has 0 spiro atoms. The average Bonchev–Trinajstić information content (AvgIpc) is 2.85. The predicted molar refractivity (Wildman–Crippen MR) is 75.2 cm³/mol. The Labute approximate surface area is 113 Å². The molecular formula is C13H11BrN2S. The van der Waals surface area contributed by atoms with E-state index in [2.05, 4.69) is 45.7 Å². The van der Waals surface area contributed by atoms with Crippen molar-refractivity contribution >= 4 is 33.0 Å². The molecule has 1 N–H and O–H groups in total. The van der Waals surface area contributed by atoms with Gasteiger partial charge in [0.05, 0.1) is 17.3 Å². The van der Waals surface area contributed by atoms with E-state index in [1.165, 1.54) is 4.88 Å². The van der Waals surface area contributed by atoms with E-state index in [0.29, 0.717) is 5.56 Å². The zero-order chi connectivity index (χ0) is 12.3. The summed E-state index contributed by atoms with van der Waals surface area (Å²) in [5, 5.41) is 14.5. The van der Waals surface area contributed by atoms with Crippen LogP contribution in [0.1, 0.15) is 23.4 Å². The van der Waals surface area contributed by atoms with Gasteiger partial charge in [-0.1, -0.05) is 22.0 Å². The van der Waals surface area contributed by atoms with E-state index < -0.39 is 0 Å². The van der Waals surface area contributed by atoms with Gasteiger partial charge in [-0.25, -0.2) is 0 Å². The first-order chi connectivity index (χ1) is 8.20. The van der Waals surface area contributed by atoms with Gasteiger partial charge in [-0.05, 0) is 36.6 Å². The molecule has 86 valence electrons. The highest BCUT2D eigenvalue weighted by molar-refractivity contribution is 9.10. The maximum Gasteiger partial charge on any atom is 0.101 e. The number of thiophene rings is 1. The second-order valence-corrected chi connectivity index (χ2v) is 5.58. The lowest BCUT2D eigenvalue weighted by Crippen LogP contribution is -2.06. The monoisotopic (exact) mass is 306 g/mol. The molecule has 0 aliphatic rings. The molecule has 1 aromatic heterocycles. The normalized spacial score (nSPS) is 11.8. The van der Waals surface area contributed by atoms with Crippen molar-refractivity contribution in [2.45, 2.75) is 13.0 Å². The van der Waals surface area contributed by atoms with Crippen molar-refractivity contribution in [2.75, 3.05) is 5.32 Å². The fraction of sp³-hybridized carbons (Fsp3) is 0.154. The molecule has 1 aromatic carbocycles. The zero-order valence-electron chi connectivity index (χ0n) is 9.27. The van der Waals surface area contributed by atoms with Gasteiger partial charge < -0.3 is 5.32 Å². The van der Waals surface area contributed by atoms with Gasteiger partial charge in [0.2, 0.25) is 0 Å². The lowest BCUT2D eigenvalue weighted by Gasteiger charge is -2.14. The molecule has 2 rings (SSSR count). The molecule has 0 saturated heterocycles. The quantitative estimate of drug-likeness (QED) is 0.902. The molecule has 0 saturated carbocycles. The average molecular weight is 307 g/mol. The summed E-state index contributed by atoms with van der Waals surface area (Å²) >= 11 is 5.08. The van der Waals surface area contributed by atoms with Crippen LogP contribution in [0.5, 0.6) is 0 Å². The van der Waals surface area contributed by atoms with Crippen LogP contribution < -0.4 is 5.32 Å². The molecule has 1 unspecified atom stereocenters. The SMILES string of the molecule is CC(Nc1ccc(Br)cc1C#N)c1cccs1. The first-order valence-electron chi connectivity index (χ1n) is 5.20. The van der Waals surface area contributed by atoms with Gasteiger partial charge in [0.1, 0.15) is 6.07 Å². The summed E-state index contributed by atoms with van der Waals surface area (Å²) in [5.74, 6) is 0. The Morgan fingerprint density at radius 1 is 1.41 bits per heavy atom. The molecule has 2 aromatic rings. The Bertz CT molecular complexity index is 543. The van der Waals surface area contributed by atoms with Crippen LogP contribution in [0.15, 0.2) is 40.2 Å². The maximum absolute atomic E-state index is 9.08. The summed E-state index contributed by atoms with van der Waals surface area (Å²) in [5.41, 5.74) is 1.53. The topological polar surface area (TPSA) is 35.8 Å². The lowest BCUT2D eigenvalue weighted by molar-refractivity contribution is 0.907. The largest absolute Gasteiger partial charge is 0.377 e. The van der Waals surface area contributed by atoms with E-state index in [1.807, 2.05) is 24.3 Å². The highest BCUT2D eigenvalue weighted by Crippen LogP contribution is 2.26. The van der Waals surface area contributed by atoms with Crippen LogP contribution in [0.4, 0.5) is 5.69 Å². The van der Waals surface area contributed by atoms with Gasteiger partial charge in [-0.2, -0.15) is 5.26 Å². The fourth-order valence-corrected chi connectivity index (χ4v) is 2.67. The summed E-state index contributed by atoms with van der Waals surface area (Å²) in [4.78, 5) is 1.26. The maximum atomic E-state index is 9.08. The Balaban J connectivity index is 2.22. The molecule has 0 aliphatic carbocycles. The highest BCUT2D eigenvalue weighted by atomic mass is 79.9. The lowest BCUT2D eigenvalue weighted by atomic mass is 10.1. The van der Waals surface area contributed by atoms with Crippen LogP contribution in [0.25, 0.3) is 0 Å². The number of hydrogen-bond donors (Lipinski definition) is 1. The summed E-state index contributed by atoms with van der Waals surface area (Å²) in [6.45, 7) is 2.09. The van der Waals surface area contributed by atoms with E-state index >= 15 is 0 Å². The van der Waals surface area contributed by atoms with E-state index in [1.54, 1.807) is 11.3 Å². The van der Waals surface area contributed by atoms with Crippen LogP contribution in [-0.2, 0) is 0 Å². The summed E-state index contributed by atoms with van der Waals surface area (Å²) < 4.78 is 0.920. The van der Waals surface area contributed by atoms with Gasteiger partial charge in [0, 0.05) is 9.35 Å². The van der Waals surface area contributed by atoms with E-state index in [0.717, 1.165) is 10.2 Å². The zero-order valence-corrected chi connectivity index (χ0v) is 11.7. The fourth-order valence-electron chi connectivity index (χ4n) is 1.58. The summed E-state index contributed by atoms with van der Waals surface area (Å²) in [6, 6.07) is 12.2. The van der Waals surface area contributed by atoms with Crippen molar-refractivity contribution in [2.24, 2.45) is 0 Å². The molecule has 17 heavy (non-hydrogen) atoms. The molecule has 0 radical (unpaired) electrons. The first kappa shape index (κ1) is 12.2. The number of benzene rings is 1. The van der Waals surface area contributed by atoms with Crippen molar-refractivity contribution in [3.05, 3.63) is 50.6 Å². The van der Waals surface area contributed by atoms with Crippen LogP contribution in [0.3, 0.4) is 0 Å². The summed E-state index contributed by atoms with van der Waals surface area (Å²) in [7, 11) is 0. The molecule has 0 bridgehead atoms. The second kappa shape index (κ2) is 5.35. The van der Waals surface area contributed by atoms with Crippen LogP contribution in [0, 0.1) is 11.3 Å². The van der Waals surface area contributed by atoms with E-state index in [4.69, 9.17) is 5.26 Å². The van der Waals surface area contributed by atoms with Crippen LogP contribution >= 0.6 is 27.3 Å². The van der Waals surface area contributed by atoms with Crippen molar-refractivity contribution in [1.82, 2.24) is 0 Å². The van der Waals surface area contributed by atoms with Crippen LogP contribution in [-0.4, -0.2) is 0 Å². The third kappa shape index (κ3) is 2.87. The van der Waals surface area contributed by atoms with Gasteiger partial charge in [0.25, 0.3) is 0 Å². The molecule has 0 amide bonds. The molecule has 0 fully saturated rings. The van der Waals surface area contributed by atoms with E-state index in [9.17, 15) is 0 Å². The number of nitriles is 1. The van der Waals surface area contributed by atoms with Crippen molar-refractivity contribution < 1.29 is 0 Å². The minimum Gasteiger partial charge on any atom is -0.377 e. The van der Waals surface area contributed by atoms with Gasteiger partial charge in [-0.15, -0.1) is 11.3 Å². The molecule has 1 atom stereocenters. The van der Waals surface area contributed by atoms with Crippen molar-refractivity contribution in [3.8, 4) is 6.07 Å². The van der Waals surface area contributed by atoms with Gasteiger partial charge >= 0.3 is 0 Å². The number of nitrogens with one attached hydrogen (secondary N) is 1. The highest BCUT2D eigenvalue weighted by Gasteiger charge is 2.09. The third-order valence-corrected chi connectivity index (χ3v) is 3.99. The van der Waals surface area contributed by atoms with Gasteiger partial charge in [0.15, 0.2) is 0 Å². The Kier molecular flexibility index (Phi) is 3.82. The Morgan fingerprint density at radius 2 is 2.24 bits per heavy atom. The van der Waals surface area contributed by atoms with Crippen molar-refractivity contribution in [1.29, 1.82) is 5.26 Å². The number of halogens is 1. The Hall–Kier alpha value is -1.31. The van der Waals surface area contributed by atoms with Crippen molar-refractivity contribution in [3.63, 3.8) is 0 Å². The third-order valence-electron chi connectivity index (χ3n) is 2.44. The minimum absolute atomic E-state index is 0.211. The summed E-state index contributed by atoms with van der Waals surface area (Å²) in [6.07, 6.45) is 0. The molecule has 4 heteroatoms. The smallest absolute Gasteiger partial charge is 0.101 e. The number of rotatable bonds is 3. The van der Waals surface area contributed by atoms with Crippen LogP contribution in [0.2, 0.25) is 0 Å². The number of nitrogens with zero attached hydrogens (tertiary/aromatic N) is 1. The Morgan fingerprint density at radius 3 is 2.88 bits per heavy atom. The number of hydrogen-bond acceptors (Lipinski definition) is 3. The molecule has 0 aliphatic heterocycles. The first-order valence-corrected chi connectivity index (χ1v) is 6.87.